The van der Waals surface area contributed by atoms with Gasteiger partial charge < -0.3 is 0 Å². The molecule has 96 valence electrons. The third kappa shape index (κ3) is 1.92. The van der Waals surface area contributed by atoms with Crippen molar-refractivity contribution in [3.63, 3.8) is 0 Å². The number of allylic oxidation sites excluding steroid dienone is 2. The van der Waals surface area contributed by atoms with Crippen LogP contribution in [0.25, 0.3) is 0 Å². The van der Waals surface area contributed by atoms with Gasteiger partial charge in [0.1, 0.15) is 0 Å². The van der Waals surface area contributed by atoms with Gasteiger partial charge in [0.15, 0.2) is 0 Å². The molecule has 3 rings (SSSR count). The van der Waals surface area contributed by atoms with Crippen LogP contribution in [0.1, 0.15) is 46.5 Å². The minimum atomic E-state index is 0.141. The topological polar surface area (TPSA) is 32.7 Å². The van der Waals surface area contributed by atoms with E-state index in [1.807, 2.05) is 6.92 Å². The molecule has 1 heterocycles. The molecule has 2 aliphatic carbocycles. The molecule has 0 N–H and O–H groups in total. The van der Waals surface area contributed by atoms with E-state index in [1.165, 1.54) is 17.6 Å². The number of carbonyl (C=O) groups excluding carboxylic acids is 1. The number of carbonyl (C=O) groups is 1. The molecule has 3 heteroatoms. The molecule has 1 amide bonds. The minimum absolute atomic E-state index is 0.141. The van der Waals surface area contributed by atoms with Crippen LogP contribution in [-0.4, -0.2) is 22.7 Å². The van der Waals surface area contributed by atoms with Gasteiger partial charge in [-0.25, -0.2) is 5.01 Å². The number of fused-ring (bicyclic) bond motifs is 1. The van der Waals surface area contributed by atoms with Gasteiger partial charge in [-0.15, -0.1) is 0 Å². The van der Waals surface area contributed by atoms with Gasteiger partial charge in [-0.05, 0) is 42.7 Å². The fraction of sp³-hybridized carbons (Fsp3) is 0.600. The fourth-order valence-corrected chi connectivity index (χ4v) is 3.26. The van der Waals surface area contributed by atoms with Gasteiger partial charge in [0.05, 0.1) is 12.5 Å². The highest BCUT2D eigenvalue weighted by atomic mass is 16.2. The second kappa shape index (κ2) is 3.81. The van der Waals surface area contributed by atoms with E-state index in [9.17, 15) is 4.79 Å². The van der Waals surface area contributed by atoms with Gasteiger partial charge in [-0.3, -0.25) is 4.79 Å². The van der Waals surface area contributed by atoms with Gasteiger partial charge in [-0.1, -0.05) is 26.0 Å². The molecule has 1 saturated carbocycles. The molecule has 0 aromatic heterocycles. The number of hydrogen-bond acceptors (Lipinski definition) is 2. The molecule has 1 fully saturated rings. The number of hydrazone groups is 1. The van der Waals surface area contributed by atoms with Gasteiger partial charge in [-0.2, -0.15) is 5.10 Å². The van der Waals surface area contributed by atoms with Crippen LogP contribution in [0, 0.1) is 5.41 Å². The van der Waals surface area contributed by atoms with Crippen molar-refractivity contribution in [3.8, 4) is 0 Å². The third-order valence-electron chi connectivity index (χ3n) is 4.00. The van der Waals surface area contributed by atoms with Crippen LogP contribution in [0.15, 0.2) is 28.4 Å². The van der Waals surface area contributed by atoms with E-state index in [4.69, 9.17) is 0 Å². The number of rotatable bonds is 1. The van der Waals surface area contributed by atoms with Crippen LogP contribution in [0.4, 0.5) is 0 Å². The van der Waals surface area contributed by atoms with E-state index in [1.54, 1.807) is 5.01 Å². The normalized spacial score (nSPS) is 29.9. The lowest BCUT2D eigenvalue weighted by atomic mass is 9.91. The van der Waals surface area contributed by atoms with Crippen molar-refractivity contribution in [1.29, 1.82) is 0 Å². The molecular formula is C15H20N2O. The van der Waals surface area contributed by atoms with Crippen molar-refractivity contribution in [3.05, 3.63) is 23.3 Å². The van der Waals surface area contributed by atoms with Gasteiger partial charge in [0.25, 0.3) is 0 Å². The largest absolute Gasteiger partial charge is 0.273 e. The highest BCUT2D eigenvalue weighted by Crippen LogP contribution is 2.46. The SMILES string of the molecule is CC1=NN(C2C=C3CC(C)(C)CC3=CC2)C(=O)C1. The van der Waals surface area contributed by atoms with E-state index >= 15 is 0 Å². The van der Waals surface area contributed by atoms with Gasteiger partial charge >= 0.3 is 0 Å². The number of amides is 1. The lowest BCUT2D eigenvalue weighted by molar-refractivity contribution is -0.129. The monoisotopic (exact) mass is 244 g/mol. The zero-order valence-electron chi connectivity index (χ0n) is 11.4. The zero-order valence-corrected chi connectivity index (χ0v) is 11.4. The number of hydrogen-bond donors (Lipinski definition) is 0. The summed E-state index contributed by atoms with van der Waals surface area (Å²) in [6.45, 7) is 6.55. The molecule has 3 nitrogen and oxygen atoms in total. The Hall–Kier alpha value is -1.38. The maximum atomic E-state index is 11.9. The average Bonchev–Trinajstić information content (AvgIpc) is 2.74. The van der Waals surface area contributed by atoms with E-state index in [0.717, 1.165) is 18.6 Å². The fourth-order valence-electron chi connectivity index (χ4n) is 3.26. The second-order valence-electron chi connectivity index (χ2n) is 6.49. The first kappa shape index (κ1) is 11.7. The summed E-state index contributed by atoms with van der Waals surface area (Å²) in [6, 6.07) is 0.141. The molecule has 0 saturated heterocycles. The van der Waals surface area contributed by atoms with E-state index < -0.39 is 0 Å². The van der Waals surface area contributed by atoms with Crippen LogP contribution in [-0.2, 0) is 4.79 Å². The average molecular weight is 244 g/mol. The zero-order chi connectivity index (χ0) is 12.9. The van der Waals surface area contributed by atoms with Crippen molar-refractivity contribution >= 4 is 11.6 Å². The Labute approximate surface area is 108 Å². The summed E-state index contributed by atoms with van der Waals surface area (Å²) in [5.41, 5.74) is 4.23. The summed E-state index contributed by atoms with van der Waals surface area (Å²) in [6.07, 6.45) is 8.27. The Balaban J connectivity index is 1.83. The van der Waals surface area contributed by atoms with Gasteiger partial charge in [0, 0.05) is 5.71 Å². The van der Waals surface area contributed by atoms with Crippen LogP contribution >= 0.6 is 0 Å². The summed E-state index contributed by atoms with van der Waals surface area (Å²) in [5, 5.41) is 6.05. The maximum absolute atomic E-state index is 11.9. The highest BCUT2D eigenvalue weighted by Gasteiger charge is 2.35. The predicted octanol–water partition coefficient (Wildman–Crippen LogP) is 3.04. The molecule has 0 radical (unpaired) electrons. The third-order valence-corrected chi connectivity index (χ3v) is 4.00. The van der Waals surface area contributed by atoms with Crippen LogP contribution in [0.3, 0.4) is 0 Å². The van der Waals surface area contributed by atoms with Crippen LogP contribution in [0.5, 0.6) is 0 Å². The van der Waals surface area contributed by atoms with Crippen molar-refractivity contribution in [2.24, 2.45) is 10.5 Å². The quantitative estimate of drug-likeness (QED) is 0.697. The summed E-state index contributed by atoms with van der Waals surface area (Å²) < 4.78 is 0. The first-order chi connectivity index (χ1) is 8.44. The molecular weight excluding hydrogens is 224 g/mol. The van der Waals surface area contributed by atoms with Crippen molar-refractivity contribution in [2.45, 2.75) is 52.5 Å². The molecule has 1 atom stereocenters. The standard InChI is InChI=1S/C15H20N2O/c1-10-6-14(18)17(16-10)13-5-4-11-8-15(2,3)9-12(11)7-13/h4,7,13H,5-6,8-9H2,1-3H3. The lowest BCUT2D eigenvalue weighted by Crippen LogP contribution is -2.32. The molecule has 0 spiro atoms. The molecule has 0 aromatic carbocycles. The molecule has 1 aliphatic heterocycles. The molecule has 1 unspecified atom stereocenters. The molecule has 3 aliphatic rings. The Morgan fingerprint density at radius 2 is 2.06 bits per heavy atom. The minimum Gasteiger partial charge on any atom is -0.273 e. The highest BCUT2D eigenvalue weighted by molar-refractivity contribution is 6.03. The first-order valence-corrected chi connectivity index (χ1v) is 6.71. The summed E-state index contributed by atoms with van der Waals surface area (Å²) in [7, 11) is 0. The first-order valence-electron chi connectivity index (χ1n) is 6.71. The van der Waals surface area contributed by atoms with Crippen LogP contribution in [0.2, 0.25) is 0 Å². The van der Waals surface area contributed by atoms with Crippen molar-refractivity contribution in [1.82, 2.24) is 5.01 Å². The Morgan fingerprint density at radius 3 is 2.72 bits per heavy atom. The van der Waals surface area contributed by atoms with Crippen molar-refractivity contribution < 1.29 is 4.79 Å². The Bertz CT molecular complexity index is 497. The second-order valence-corrected chi connectivity index (χ2v) is 6.49. The summed E-state index contributed by atoms with van der Waals surface area (Å²) in [5.74, 6) is 0.142. The molecule has 0 bridgehead atoms. The smallest absolute Gasteiger partial charge is 0.248 e. The van der Waals surface area contributed by atoms with Crippen molar-refractivity contribution in [2.75, 3.05) is 0 Å². The van der Waals surface area contributed by atoms with Crippen LogP contribution < -0.4 is 0 Å². The summed E-state index contributed by atoms with van der Waals surface area (Å²) >= 11 is 0. The maximum Gasteiger partial charge on any atom is 0.248 e. The van der Waals surface area contributed by atoms with E-state index in [0.29, 0.717) is 11.8 Å². The molecule has 18 heavy (non-hydrogen) atoms. The Morgan fingerprint density at radius 1 is 1.33 bits per heavy atom. The molecule has 0 aromatic rings. The van der Waals surface area contributed by atoms with E-state index in [2.05, 4.69) is 31.1 Å². The lowest BCUT2D eigenvalue weighted by Gasteiger charge is -2.24. The Kier molecular flexibility index (Phi) is 2.47. The van der Waals surface area contributed by atoms with Gasteiger partial charge in [0.2, 0.25) is 5.91 Å². The van der Waals surface area contributed by atoms with E-state index in [-0.39, 0.29) is 11.9 Å². The predicted molar refractivity (Wildman–Crippen MR) is 72.2 cm³/mol. The summed E-state index contributed by atoms with van der Waals surface area (Å²) in [4.78, 5) is 11.9. The number of nitrogens with zero attached hydrogens (tertiary/aromatic N) is 2.